The maximum atomic E-state index is 13.5. The number of anilines is 1. The highest BCUT2D eigenvalue weighted by atomic mass is 32.2. The van der Waals surface area contributed by atoms with Crippen LogP contribution in [0.5, 0.6) is 11.5 Å². The molecule has 0 spiro atoms. The van der Waals surface area contributed by atoms with Crippen molar-refractivity contribution >= 4 is 32.4 Å². The topological polar surface area (TPSA) is 120 Å². The normalized spacial score (nSPS) is 13.3. The lowest BCUT2D eigenvalue weighted by molar-refractivity contribution is -0.117. The molecule has 5 rings (SSSR count). The van der Waals surface area contributed by atoms with Crippen LogP contribution in [0.3, 0.4) is 0 Å². The fourth-order valence-corrected chi connectivity index (χ4v) is 6.88. The predicted octanol–water partition coefficient (Wildman–Crippen LogP) is 4.39. The van der Waals surface area contributed by atoms with E-state index in [1.165, 1.54) is 11.3 Å². The van der Waals surface area contributed by atoms with Crippen LogP contribution in [0.15, 0.2) is 65.6 Å². The number of aryl methyl sites for hydroxylation is 3. The summed E-state index contributed by atoms with van der Waals surface area (Å²) >= 11 is 1.18. The molecule has 9 nitrogen and oxygen atoms in total. The van der Waals surface area contributed by atoms with E-state index in [0.717, 1.165) is 16.7 Å². The second kappa shape index (κ2) is 10.5. The lowest BCUT2D eigenvalue weighted by Crippen LogP contribution is -2.45. The zero-order chi connectivity index (χ0) is 26.9. The molecule has 3 aromatic carbocycles. The number of rotatable bonds is 8. The van der Waals surface area contributed by atoms with Gasteiger partial charge in [0.2, 0.25) is 27.9 Å². The van der Waals surface area contributed by atoms with Crippen LogP contribution in [0.4, 0.5) is 5.13 Å². The highest BCUT2D eigenvalue weighted by molar-refractivity contribution is 7.89. The molecule has 1 aliphatic rings. The minimum Gasteiger partial charge on any atom is -0.454 e. The molecular weight excluding hydrogens is 524 g/mol. The van der Waals surface area contributed by atoms with Crippen molar-refractivity contribution < 1.29 is 22.7 Å². The predicted molar refractivity (Wildman–Crippen MR) is 145 cm³/mol. The lowest BCUT2D eigenvalue weighted by atomic mass is 10.1. The minimum absolute atomic E-state index is 0.156. The Morgan fingerprint density at radius 1 is 0.974 bits per heavy atom. The van der Waals surface area contributed by atoms with Gasteiger partial charge in [-0.2, -0.15) is 4.72 Å². The molecule has 1 amide bonds. The molecule has 1 aliphatic heterocycles. The summed E-state index contributed by atoms with van der Waals surface area (Å²) in [5, 5.41) is 11.8. The SMILES string of the molecule is Cc1cc(C)c(S(=O)(=O)NC(Cc2ccccc2)C(=O)Nc2nnc(-c3ccc4c(c3)OCO4)s2)c(C)c1. The van der Waals surface area contributed by atoms with Crippen molar-refractivity contribution in [3.05, 3.63) is 82.9 Å². The number of amides is 1. The number of carbonyl (C=O) groups excluding carboxylic acids is 1. The molecule has 11 heteroatoms. The number of nitrogens with zero attached hydrogens (tertiary/aromatic N) is 2. The first kappa shape index (κ1) is 25.8. The molecule has 38 heavy (non-hydrogen) atoms. The zero-order valence-electron chi connectivity index (χ0n) is 21.0. The van der Waals surface area contributed by atoms with Crippen molar-refractivity contribution in [1.29, 1.82) is 0 Å². The number of sulfonamides is 1. The van der Waals surface area contributed by atoms with Crippen molar-refractivity contribution in [1.82, 2.24) is 14.9 Å². The molecule has 2 N–H and O–H groups in total. The van der Waals surface area contributed by atoms with E-state index in [4.69, 9.17) is 9.47 Å². The molecular formula is C27H26N4O5S2. The average Bonchev–Trinajstić information content (AvgIpc) is 3.52. The number of ether oxygens (including phenoxy) is 2. The minimum atomic E-state index is -4.01. The van der Waals surface area contributed by atoms with E-state index in [1.807, 2.05) is 55.5 Å². The highest BCUT2D eigenvalue weighted by Crippen LogP contribution is 2.37. The quantitative estimate of drug-likeness (QED) is 0.334. The summed E-state index contributed by atoms with van der Waals surface area (Å²) in [5.41, 5.74) is 3.77. The Balaban J connectivity index is 1.39. The van der Waals surface area contributed by atoms with Gasteiger partial charge in [0, 0.05) is 5.56 Å². The molecule has 0 saturated carbocycles. The Morgan fingerprint density at radius 3 is 2.42 bits per heavy atom. The largest absolute Gasteiger partial charge is 0.454 e. The third-order valence-corrected chi connectivity index (χ3v) is 8.71. The molecule has 4 aromatic rings. The number of aromatic nitrogens is 2. The molecule has 0 saturated heterocycles. The molecule has 1 unspecified atom stereocenters. The first-order chi connectivity index (χ1) is 18.2. The van der Waals surface area contributed by atoms with Crippen LogP contribution in [0.2, 0.25) is 0 Å². The van der Waals surface area contributed by atoms with Gasteiger partial charge in [0.25, 0.3) is 0 Å². The summed E-state index contributed by atoms with van der Waals surface area (Å²) < 4.78 is 40.4. The number of fused-ring (bicyclic) bond motifs is 1. The molecule has 2 heterocycles. The van der Waals surface area contributed by atoms with Gasteiger partial charge in [-0.3, -0.25) is 10.1 Å². The van der Waals surface area contributed by atoms with Crippen molar-refractivity contribution in [2.24, 2.45) is 0 Å². The molecule has 0 aliphatic carbocycles. The number of hydrogen-bond acceptors (Lipinski definition) is 8. The molecule has 196 valence electrons. The van der Waals surface area contributed by atoms with Crippen molar-refractivity contribution in [3.63, 3.8) is 0 Å². The van der Waals surface area contributed by atoms with E-state index in [9.17, 15) is 13.2 Å². The molecule has 1 atom stereocenters. The van der Waals surface area contributed by atoms with Gasteiger partial charge in [-0.1, -0.05) is 59.4 Å². The summed E-state index contributed by atoms with van der Waals surface area (Å²) in [6, 6.07) is 17.2. The standard InChI is InChI=1S/C27H26N4O5S2/c1-16-11-17(2)24(18(3)12-16)38(33,34)31-21(13-19-7-5-4-6-8-19)25(32)28-27-30-29-26(37-27)20-9-10-22-23(14-20)36-15-35-22/h4-12,14,21,31H,13,15H2,1-3H3,(H,28,30,32). The maximum absolute atomic E-state index is 13.5. The first-order valence-electron chi connectivity index (χ1n) is 11.9. The second-order valence-electron chi connectivity index (χ2n) is 9.06. The monoisotopic (exact) mass is 550 g/mol. The van der Waals surface area contributed by atoms with E-state index in [0.29, 0.717) is 27.6 Å². The smallest absolute Gasteiger partial charge is 0.244 e. The van der Waals surface area contributed by atoms with Crippen LogP contribution < -0.4 is 19.5 Å². The second-order valence-corrected chi connectivity index (χ2v) is 11.7. The number of benzene rings is 3. The fraction of sp³-hybridized carbons (Fsp3) is 0.222. The number of carbonyl (C=O) groups is 1. The van der Waals surface area contributed by atoms with Crippen molar-refractivity contribution in [2.75, 3.05) is 12.1 Å². The van der Waals surface area contributed by atoms with Crippen LogP contribution in [-0.2, 0) is 21.2 Å². The van der Waals surface area contributed by atoms with Crippen LogP contribution >= 0.6 is 11.3 Å². The summed E-state index contributed by atoms with van der Waals surface area (Å²) in [7, 11) is -4.01. The van der Waals surface area contributed by atoms with Gasteiger partial charge in [-0.15, -0.1) is 10.2 Å². The molecule has 0 radical (unpaired) electrons. The van der Waals surface area contributed by atoms with E-state index < -0.39 is 22.0 Å². The van der Waals surface area contributed by atoms with Crippen LogP contribution in [0.25, 0.3) is 10.6 Å². The third kappa shape index (κ3) is 5.54. The van der Waals surface area contributed by atoms with Gasteiger partial charge < -0.3 is 9.47 Å². The van der Waals surface area contributed by atoms with Gasteiger partial charge in [-0.25, -0.2) is 8.42 Å². The van der Waals surface area contributed by atoms with Gasteiger partial charge in [0.15, 0.2) is 11.5 Å². The highest BCUT2D eigenvalue weighted by Gasteiger charge is 2.29. The number of hydrogen-bond donors (Lipinski definition) is 2. The molecule has 0 bridgehead atoms. The van der Waals surface area contributed by atoms with Gasteiger partial charge in [-0.05, 0) is 62.1 Å². The summed E-state index contributed by atoms with van der Waals surface area (Å²) in [6.45, 7) is 5.57. The van der Waals surface area contributed by atoms with Crippen LogP contribution in [0, 0.1) is 20.8 Å². The Kier molecular flexibility index (Phi) is 7.15. The third-order valence-electron chi connectivity index (χ3n) is 6.04. The average molecular weight is 551 g/mol. The van der Waals surface area contributed by atoms with E-state index in [1.54, 1.807) is 26.0 Å². The number of nitrogens with one attached hydrogen (secondary N) is 2. The zero-order valence-corrected chi connectivity index (χ0v) is 22.7. The van der Waals surface area contributed by atoms with Crippen molar-refractivity contribution in [3.8, 4) is 22.1 Å². The first-order valence-corrected chi connectivity index (χ1v) is 14.2. The lowest BCUT2D eigenvalue weighted by Gasteiger charge is -2.20. The van der Waals surface area contributed by atoms with Crippen LogP contribution in [-0.4, -0.2) is 37.4 Å². The summed E-state index contributed by atoms with van der Waals surface area (Å²) in [5.74, 6) is 0.734. The van der Waals surface area contributed by atoms with Crippen molar-refractivity contribution in [2.45, 2.75) is 38.1 Å². The Morgan fingerprint density at radius 2 is 1.68 bits per heavy atom. The molecule has 1 aromatic heterocycles. The van der Waals surface area contributed by atoms with Gasteiger partial charge >= 0.3 is 0 Å². The Labute approximate surface area is 224 Å². The maximum Gasteiger partial charge on any atom is 0.244 e. The van der Waals surface area contributed by atoms with E-state index >= 15 is 0 Å². The van der Waals surface area contributed by atoms with Gasteiger partial charge in [0.05, 0.1) is 4.90 Å². The fourth-order valence-electron chi connectivity index (χ4n) is 4.49. The van der Waals surface area contributed by atoms with Crippen LogP contribution in [0.1, 0.15) is 22.3 Å². The van der Waals surface area contributed by atoms with Gasteiger partial charge in [0.1, 0.15) is 11.0 Å². The van der Waals surface area contributed by atoms with E-state index in [2.05, 4.69) is 20.2 Å². The molecule has 0 fully saturated rings. The Hall–Kier alpha value is -3.80. The van der Waals surface area contributed by atoms with E-state index in [-0.39, 0.29) is 23.2 Å². The summed E-state index contributed by atoms with van der Waals surface area (Å²) in [4.78, 5) is 13.6. The summed E-state index contributed by atoms with van der Waals surface area (Å²) in [6.07, 6.45) is 0.156. The Bertz CT molecular complexity index is 1580.